The molecule has 0 heterocycles. The molecule has 0 spiro atoms. The molecule has 0 nitrogen and oxygen atoms in total. The predicted molar refractivity (Wildman–Crippen MR) is 51.4 cm³/mol. The summed E-state index contributed by atoms with van der Waals surface area (Å²) in [7, 11) is 0. The predicted octanol–water partition coefficient (Wildman–Crippen LogP) is 3.89. The van der Waals surface area contributed by atoms with E-state index >= 15 is 0 Å². The van der Waals surface area contributed by atoms with Crippen LogP contribution < -0.4 is 0 Å². The molecule has 0 saturated heterocycles. The molecule has 0 amide bonds. The highest BCUT2D eigenvalue weighted by Gasteiger charge is 1.92. The Balaban J connectivity index is 3.56. The summed E-state index contributed by atoms with van der Waals surface area (Å²) in [6.07, 6.45) is 3.45. The topological polar surface area (TPSA) is 0 Å². The van der Waals surface area contributed by atoms with Crippen molar-refractivity contribution in [3.63, 3.8) is 0 Å². The SMILES string of the molecule is [CH]=C(C)CCCC(C)=C(C)C. The first-order chi connectivity index (χ1) is 5.04. The molecule has 11 heavy (non-hydrogen) atoms. The third kappa shape index (κ3) is 5.90. The van der Waals surface area contributed by atoms with Gasteiger partial charge in [-0.2, -0.15) is 0 Å². The van der Waals surface area contributed by atoms with E-state index in [1.54, 1.807) is 0 Å². The van der Waals surface area contributed by atoms with E-state index in [1.165, 1.54) is 24.0 Å². The van der Waals surface area contributed by atoms with Crippen LogP contribution in [-0.4, -0.2) is 0 Å². The average Bonchev–Trinajstić information content (AvgIpc) is 1.86. The van der Waals surface area contributed by atoms with Crippen molar-refractivity contribution in [3.05, 3.63) is 23.3 Å². The standard InChI is InChI=1S/C11H19/c1-9(2)7-6-8-11(5)10(3)4/h1H,6-8H2,2-5H3. The fraction of sp³-hybridized carbons (Fsp3) is 0.636. The summed E-state index contributed by atoms with van der Waals surface area (Å²) in [5, 5.41) is 0. The van der Waals surface area contributed by atoms with Crippen molar-refractivity contribution in [1.82, 2.24) is 0 Å². The van der Waals surface area contributed by atoms with Crippen molar-refractivity contribution in [2.45, 2.75) is 47.0 Å². The molecule has 0 aliphatic rings. The Morgan fingerprint density at radius 3 is 1.91 bits per heavy atom. The summed E-state index contributed by atoms with van der Waals surface area (Å²) in [6.45, 7) is 14.1. The molecule has 0 N–H and O–H groups in total. The van der Waals surface area contributed by atoms with Gasteiger partial charge in [-0.1, -0.05) is 23.3 Å². The fourth-order valence-electron chi connectivity index (χ4n) is 0.882. The molecular formula is C11H19. The monoisotopic (exact) mass is 151 g/mol. The Morgan fingerprint density at radius 1 is 1.00 bits per heavy atom. The van der Waals surface area contributed by atoms with Gasteiger partial charge in [0.05, 0.1) is 0 Å². The van der Waals surface area contributed by atoms with Crippen molar-refractivity contribution in [2.75, 3.05) is 0 Å². The second-order valence-corrected chi connectivity index (χ2v) is 3.48. The van der Waals surface area contributed by atoms with Crippen LogP contribution in [0.1, 0.15) is 47.0 Å². The minimum absolute atomic E-state index is 1.05. The van der Waals surface area contributed by atoms with Crippen LogP contribution in [0.3, 0.4) is 0 Å². The van der Waals surface area contributed by atoms with Crippen molar-refractivity contribution in [2.24, 2.45) is 0 Å². The lowest BCUT2D eigenvalue weighted by atomic mass is 10.0. The van der Waals surface area contributed by atoms with Gasteiger partial charge < -0.3 is 0 Å². The zero-order chi connectivity index (χ0) is 8.85. The molecule has 0 rings (SSSR count). The van der Waals surface area contributed by atoms with E-state index < -0.39 is 0 Å². The molecule has 0 bridgehead atoms. The van der Waals surface area contributed by atoms with Crippen molar-refractivity contribution in [1.29, 1.82) is 0 Å². The lowest BCUT2D eigenvalue weighted by Gasteiger charge is -2.02. The first-order valence-corrected chi connectivity index (χ1v) is 4.25. The van der Waals surface area contributed by atoms with E-state index in [9.17, 15) is 0 Å². The molecule has 0 aromatic heterocycles. The van der Waals surface area contributed by atoms with E-state index in [2.05, 4.69) is 20.8 Å². The largest absolute Gasteiger partial charge is 0.0775 e. The number of rotatable bonds is 4. The van der Waals surface area contributed by atoms with Crippen LogP contribution in [0.2, 0.25) is 0 Å². The van der Waals surface area contributed by atoms with Gasteiger partial charge >= 0.3 is 0 Å². The Kier molecular flexibility index (Phi) is 4.93. The molecule has 0 atom stereocenters. The van der Waals surface area contributed by atoms with Crippen molar-refractivity contribution < 1.29 is 0 Å². The normalized spacial score (nSPS) is 9.45. The van der Waals surface area contributed by atoms with Gasteiger partial charge in [-0.15, -0.1) is 0 Å². The van der Waals surface area contributed by atoms with Crippen molar-refractivity contribution in [3.8, 4) is 0 Å². The van der Waals surface area contributed by atoms with Crippen LogP contribution >= 0.6 is 0 Å². The van der Waals surface area contributed by atoms with Gasteiger partial charge in [0.2, 0.25) is 0 Å². The smallest absolute Gasteiger partial charge is 0.0317 e. The van der Waals surface area contributed by atoms with Gasteiger partial charge in [0, 0.05) is 0 Å². The third-order valence-electron chi connectivity index (χ3n) is 1.98. The molecular weight excluding hydrogens is 132 g/mol. The van der Waals surface area contributed by atoms with Crippen molar-refractivity contribution >= 4 is 0 Å². The number of hydrogen-bond donors (Lipinski definition) is 0. The second-order valence-electron chi connectivity index (χ2n) is 3.48. The van der Waals surface area contributed by atoms with Crippen LogP contribution in [0.15, 0.2) is 16.7 Å². The molecule has 0 aromatic carbocycles. The quantitative estimate of drug-likeness (QED) is 0.535. The van der Waals surface area contributed by atoms with Gasteiger partial charge in [-0.05, 0) is 47.0 Å². The maximum atomic E-state index is 5.56. The van der Waals surface area contributed by atoms with E-state index in [0.717, 1.165) is 12.0 Å². The lowest BCUT2D eigenvalue weighted by Crippen LogP contribution is -1.82. The van der Waals surface area contributed by atoms with E-state index in [0.29, 0.717) is 0 Å². The van der Waals surface area contributed by atoms with Gasteiger partial charge in [-0.3, -0.25) is 0 Å². The highest BCUT2D eigenvalue weighted by Crippen LogP contribution is 2.13. The van der Waals surface area contributed by atoms with Crippen LogP contribution in [0, 0.1) is 6.58 Å². The highest BCUT2D eigenvalue weighted by atomic mass is 14.0. The lowest BCUT2D eigenvalue weighted by molar-refractivity contribution is 0.796. The summed E-state index contributed by atoms with van der Waals surface area (Å²) in [5.74, 6) is 0. The molecule has 0 saturated carbocycles. The minimum atomic E-state index is 1.05. The molecule has 0 aliphatic heterocycles. The van der Waals surface area contributed by atoms with Gasteiger partial charge in [0.15, 0.2) is 0 Å². The Hall–Kier alpha value is -0.520. The van der Waals surface area contributed by atoms with Crippen LogP contribution in [0.4, 0.5) is 0 Å². The first kappa shape index (κ1) is 10.5. The first-order valence-electron chi connectivity index (χ1n) is 4.25. The second kappa shape index (κ2) is 5.17. The maximum Gasteiger partial charge on any atom is -0.0317 e. The summed E-state index contributed by atoms with van der Waals surface area (Å²) >= 11 is 0. The summed E-state index contributed by atoms with van der Waals surface area (Å²) in [5.41, 5.74) is 4.00. The summed E-state index contributed by atoms with van der Waals surface area (Å²) < 4.78 is 0. The summed E-state index contributed by atoms with van der Waals surface area (Å²) in [4.78, 5) is 0. The van der Waals surface area contributed by atoms with Gasteiger partial charge in [0.25, 0.3) is 0 Å². The van der Waals surface area contributed by atoms with Gasteiger partial charge in [-0.25, -0.2) is 0 Å². The molecule has 0 fully saturated rings. The van der Waals surface area contributed by atoms with E-state index in [-0.39, 0.29) is 0 Å². The Morgan fingerprint density at radius 2 is 1.55 bits per heavy atom. The third-order valence-corrected chi connectivity index (χ3v) is 1.98. The number of hydrogen-bond acceptors (Lipinski definition) is 0. The highest BCUT2D eigenvalue weighted by molar-refractivity contribution is 5.06. The molecule has 1 radical (unpaired) electrons. The zero-order valence-corrected chi connectivity index (χ0v) is 8.20. The van der Waals surface area contributed by atoms with Crippen LogP contribution in [0.25, 0.3) is 0 Å². The zero-order valence-electron chi connectivity index (χ0n) is 8.20. The molecule has 0 aromatic rings. The fourth-order valence-corrected chi connectivity index (χ4v) is 0.882. The molecule has 63 valence electrons. The van der Waals surface area contributed by atoms with Crippen LogP contribution in [-0.2, 0) is 0 Å². The molecule has 0 aliphatic carbocycles. The average molecular weight is 151 g/mol. The van der Waals surface area contributed by atoms with E-state index in [1.807, 2.05) is 6.92 Å². The van der Waals surface area contributed by atoms with Crippen LogP contribution in [0.5, 0.6) is 0 Å². The summed E-state index contributed by atoms with van der Waals surface area (Å²) in [6, 6.07) is 0. The molecule has 0 heteroatoms. The van der Waals surface area contributed by atoms with E-state index in [4.69, 9.17) is 6.58 Å². The number of allylic oxidation sites excluding steroid dienone is 3. The maximum absolute atomic E-state index is 5.56. The Bertz CT molecular complexity index is 157. The molecule has 0 unspecified atom stereocenters. The minimum Gasteiger partial charge on any atom is -0.0775 e. The van der Waals surface area contributed by atoms with Gasteiger partial charge in [0.1, 0.15) is 0 Å². The Labute approximate surface area is 71.0 Å².